The monoisotopic (exact) mass is 204 g/mol. The second-order valence-corrected chi connectivity index (χ2v) is 3.60. The zero-order chi connectivity index (χ0) is 10.8. The molecule has 0 aliphatic carbocycles. The number of hydrogen-bond donors (Lipinski definition) is 2. The first-order chi connectivity index (χ1) is 7.16. The highest BCUT2D eigenvalue weighted by Gasteiger charge is 2.10. The van der Waals surface area contributed by atoms with E-state index in [-0.39, 0.29) is 11.9 Å². The van der Waals surface area contributed by atoms with Gasteiger partial charge in [0.1, 0.15) is 11.2 Å². The van der Waals surface area contributed by atoms with Crippen molar-refractivity contribution in [2.45, 2.75) is 19.9 Å². The van der Waals surface area contributed by atoms with Crippen LogP contribution in [0.2, 0.25) is 0 Å². The van der Waals surface area contributed by atoms with Crippen LogP contribution >= 0.6 is 0 Å². The molecule has 0 unspecified atom stereocenters. The average Bonchev–Trinajstić information content (AvgIpc) is 2.59. The molecule has 0 aliphatic rings. The number of fused-ring (bicyclic) bond motifs is 1. The molecule has 0 saturated heterocycles. The second kappa shape index (κ2) is 3.68. The third-order valence-electron chi connectivity index (χ3n) is 1.93. The molecule has 5 nitrogen and oxygen atoms in total. The van der Waals surface area contributed by atoms with Crippen molar-refractivity contribution in [3.63, 3.8) is 0 Å². The maximum atomic E-state index is 11.6. The minimum atomic E-state index is -0.134. The zero-order valence-electron chi connectivity index (χ0n) is 8.61. The summed E-state index contributed by atoms with van der Waals surface area (Å²) in [5.41, 5.74) is 1.82. The fourth-order valence-corrected chi connectivity index (χ4v) is 1.31. The van der Waals surface area contributed by atoms with Gasteiger partial charge in [-0.1, -0.05) is 0 Å². The first kappa shape index (κ1) is 9.64. The summed E-state index contributed by atoms with van der Waals surface area (Å²) in [6.07, 6.45) is 3.18. The first-order valence-electron chi connectivity index (χ1n) is 4.77. The lowest BCUT2D eigenvalue weighted by atomic mass is 10.3. The Bertz CT molecular complexity index is 456. The lowest BCUT2D eigenvalue weighted by molar-refractivity contribution is 0.0939. The van der Waals surface area contributed by atoms with E-state index in [0.717, 1.165) is 0 Å². The molecule has 15 heavy (non-hydrogen) atoms. The Balaban J connectivity index is 2.32. The molecular formula is C10H12N4O. The van der Waals surface area contributed by atoms with Gasteiger partial charge in [-0.05, 0) is 19.9 Å². The number of nitrogens with zero attached hydrogens (tertiary/aromatic N) is 2. The molecule has 78 valence electrons. The van der Waals surface area contributed by atoms with Crippen LogP contribution in [-0.2, 0) is 0 Å². The number of rotatable bonds is 2. The van der Waals surface area contributed by atoms with Crippen LogP contribution in [0.25, 0.3) is 11.2 Å². The molecule has 0 aliphatic heterocycles. The molecule has 0 spiro atoms. The lowest BCUT2D eigenvalue weighted by Gasteiger charge is -2.05. The van der Waals surface area contributed by atoms with Gasteiger partial charge < -0.3 is 10.3 Å². The quantitative estimate of drug-likeness (QED) is 0.769. The Morgan fingerprint density at radius 3 is 2.80 bits per heavy atom. The second-order valence-electron chi connectivity index (χ2n) is 3.60. The highest BCUT2D eigenvalue weighted by Crippen LogP contribution is 2.09. The Morgan fingerprint density at radius 2 is 2.13 bits per heavy atom. The van der Waals surface area contributed by atoms with Crippen LogP contribution in [0.4, 0.5) is 0 Å². The SMILES string of the molecule is CC(C)NC(=O)c1cc2nccnc2[nH]1. The summed E-state index contributed by atoms with van der Waals surface area (Å²) in [4.78, 5) is 22.7. The number of amides is 1. The van der Waals surface area contributed by atoms with E-state index in [4.69, 9.17) is 0 Å². The fourth-order valence-electron chi connectivity index (χ4n) is 1.31. The molecule has 0 aromatic carbocycles. The van der Waals surface area contributed by atoms with Gasteiger partial charge in [-0.2, -0.15) is 0 Å². The molecule has 2 N–H and O–H groups in total. The smallest absolute Gasteiger partial charge is 0.268 e. The van der Waals surface area contributed by atoms with E-state index < -0.39 is 0 Å². The van der Waals surface area contributed by atoms with E-state index >= 15 is 0 Å². The first-order valence-corrected chi connectivity index (χ1v) is 4.77. The van der Waals surface area contributed by atoms with Crippen LogP contribution in [0.15, 0.2) is 18.5 Å². The minimum Gasteiger partial charge on any atom is -0.349 e. The minimum absolute atomic E-state index is 0.116. The van der Waals surface area contributed by atoms with Crippen LogP contribution in [-0.4, -0.2) is 26.9 Å². The highest BCUT2D eigenvalue weighted by atomic mass is 16.1. The van der Waals surface area contributed by atoms with Crippen LogP contribution in [0, 0.1) is 0 Å². The summed E-state index contributed by atoms with van der Waals surface area (Å²) in [7, 11) is 0. The van der Waals surface area contributed by atoms with Gasteiger partial charge >= 0.3 is 0 Å². The fraction of sp³-hybridized carbons (Fsp3) is 0.300. The van der Waals surface area contributed by atoms with Gasteiger partial charge in [0.25, 0.3) is 5.91 Å². The zero-order valence-corrected chi connectivity index (χ0v) is 8.61. The van der Waals surface area contributed by atoms with Crippen LogP contribution in [0.3, 0.4) is 0 Å². The predicted molar refractivity (Wildman–Crippen MR) is 56.5 cm³/mol. The number of H-pyrrole nitrogens is 1. The van der Waals surface area contributed by atoms with Gasteiger partial charge in [0.15, 0.2) is 5.65 Å². The van der Waals surface area contributed by atoms with Gasteiger partial charge in [0.05, 0.1) is 0 Å². The third kappa shape index (κ3) is 1.96. The van der Waals surface area contributed by atoms with Crippen molar-refractivity contribution in [1.29, 1.82) is 0 Å². The Morgan fingerprint density at radius 1 is 1.40 bits per heavy atom. The van der Waals surface area contributed by atoms with Crippen molar-refractivity contribution >= 4 is 17.1 Å². The number of hydrogen-bond acceptors (Lipinski definition) is 3. The van der Waals surface area contributed by atoms with Crippen LogP contribution in [0.1, 0.15) is 24.3 Å². The standard InChI is InChI=1S/C10H12N4O/c1-6(2)13-10(15)8-5-7-9(14-8)12-4-3-11-7/h3-6H,1-2H3,(H,12,14)(H,13,15). The molecule has 2 aromatic rings. The Hall–Kier alpha value is -1.91. The summed E-state index contributed by atoms with van der Waals surface area (Å²) >= 11 is 0. The van der Waals surface area contributed by atoms with Gasteiger partial charge in [-0.25, -0.2) is 4.98 Å². The van der Waals surface area contributed by atoms with Gasteiger partial charge in [0.2, 0.25) is 0 Å². The topological polar surface area (TPSA) is 70.7 Å². The van der Waals surface area contributed by atoms with Crippen molar-refractivity contribution < 1.29 is 4.79 Å². The molecule has 0 atom stereocenters. The highest BCUT2D eigenvalue weighted by molar-refractivity contribution is 5.96. The van der Waals surface area contributed by atoms with Gasteiger partial charge in [0, 0.05) is 18.4 Å². The molecule has 0 radical (unpaired) electrons. The number of nitrogens with one attached hydrogen (secondary N) is 2. The van der Waals surface area contributed by atoms with E-state index in [0.29, 0.717) is 16.9 Å². The predicted octanol–water partition coefficient (Wildman–Crippen LogP) is 1.10. The summed E-state index contributed by atoms with van der Waals surface area (Å²) < 4.78 is 0. The van der Waals surface area contributed by atoms with Crippen LogP contribution in [0.5, 0.6) is 0 Å². The number of carbonyl (C=O) groups is 1. The molecule has 0 fully saturated rings. The number of carbonyl (C=O) groups excluding carboxylic acids is 1. The Kier molecular flexibility index (Phi) is 2.37. The molecule has 0 bridgehead atoms. The Labute approximate surface area is 86.9 Å². The maximum Gasteiger partial charge on any atom is 0.268 e. The van der Waals surface area contributed by atoms with E-state index in [1.54, 1.807) is 18.5 Å². The van der Waals surface area contributed by atoms with Gasteiger partial charge in [-0.3, -0.25) is 9.78 Å². The summed E-state index contributed by atoms with van der Waals surface area (Å²) in [5, 5.41) is 2.79. The van der Waals surface area contributed by atoms with E-state index in [1.165, 1.54) is 0 Å². The summed E-state index contributed by atoms with van der Waals surface area (Å²) in [6, 6.07) is 1.81. The normalized spacial score (nSPS) is 10.9. The van der Waals surface area contributed by atoms with Crippen molar-refractivity contribution in [2.24, 2.45) is 0 Å². The van der Waals surface area contributed by atoms with Crippen molar-refractivity contribution in [1.82, 2.24) is 20.3 Å². The molecule has 2 rings (SSSR count). The lowest BCUT2D eigenvalue weighted by Crippen LogP contribution is -2.30. The molecule has 5 heteroatoms. The van der Waals surface area contributed by atoms with Crippen molar-refractivity contribution in [3.8, 4) is 0 Å². The van der Waals surface area contributed by atoms with Crippen molar-refractivity contribution in [2.75, 3.05) is 0 Å². The molecule has 2 heterocycles. The summed E-state index contributed by atoms with van der Waals surface area (Å²) in [5.74, 6) is -0.134. The molecule has 2 aromatic heterocycles. The van der Waals surface area contributed by atoms with Gasteiger partial charge in [-0.15, -0.1) is 0 Å². The molecular weight excluding hydrogens is 192 g/mol. The number of aromatic amines is 1. The van der Waals surface area contributed by atoms with Crippen LogP contribution < -0.4 is 5.32 Å². The van der Waals surface area contributed by atoms with E-state index in [2.05, 4.69) is 20.3 Å². The molecule has 0 saturated carbocycles. The summed E-state index contributed by atoms with van der Waals surface area (Å²) in [6.45, 7) is 3.83. The largest absolute Gasteiger partial charge is 0.349 e. The van der Waals surface area contributed by atoms with Crippen molar-refractivity contribution in [3.05, 3.63) is 24.2 Å². The van der Waals surface area contributed by atoms with E-state index in [9.17, 15) is 4.79 Å². The number of aromatic nitrogens is 3. The average molecular weight is 204 g/mol. The maximum absolute atomic E-state index is 11.6. The molecule has 1 amide bonds. The van der Waals surface area contributed by atoms with E-state index in [1.807, 2.05) is 13.8 Å². The third-order valence-corrected chi connectivity index (χ3v) is 1.93.